The Bertz CT molecular complexity index is 757. The zero-order valence-electron chi connectivity index (χ0n) is 14.8. The van der Waals surface area contributed by atoms with Gasteiger partial charge in [-0.05, 0) is 44.2 Å². The number of carbonyl (C=O) groups is 2. The van der Waals surface area contributed by atoms with Crippen LogP contribution in [0.15, 0.2) is 42.5 Å². The number of methoxy groups -OCH3 is 1. The fourth-order valence-electron chi connectivity index (χ4n) is 2.20. The summed E-state index contributed by atoms with van der Waals surface area (Å²) in [4.78, 5) is 23.6. The number of anilines is 2. The van der Waals surface area contributed by atoms with Crippen LogP contribution in [0.3, 0.4) is 0 Å². The lowest BCUT2D eigenvalue weighted by atomic mass is 10.2. The number of rotatable bonds is 6. The Labute approximate surface area is 147 Å². The Morgan fingerprint density at radius 2 is 1.72 bits per heavy atom. The maximum absolute atomic E-state index is 12.4. The third-order valence-corrected chi connectivity index (χ3v) is 3.48. The summed E-state index contributed by atoms with van der Waals surface area (Å²) < 4.78 is 10.9. The maximum atomic E-state index is 12.4. The highest BCUT2D eigenvalue weighted by molar-refractivity contribution is 5.97. The van der Waals surface area contributed by atoms with Crippen LogP contribution in [0.4, 0.5) is 11.4 Å². The van der Waals surface area contributed by atoms with Gasteiger partial charge in [0.25, 0.3) is 5.91 Å². The molecule has 0 radical (unpaired) electrons. The van der Waals surface area contributed by atoms with E-state index in [1.54, 1.807) is 25.1 Å². The number of ether oxygens (including phenoxy) is 2. The van der Waals surface area contributed by atoms with E-state index in [4.69, 9.17) is 9.47 Å². The molecule has 25 heavy (non-hydrogen) atoms. The van der Waals surface area contributed by atoms with Gasteiger partial charge in [-0.15, -0.1) is 0 Å². The average molecular weight is 342 g/mol. The van der Waals surface area contributed by atoms with E-state index < -0.39 is 6.10 Å². The number of hydrogen-bond acceptors (Lipinski definition) is 4. The molecule has 2 rings (SSSR count). The number of nitrogens with one attached hydrogen (secondary N) is 2. The fraction of sp³-hybridized carbons (Fsp3) is 0.263. The van der Waals surface area contributed by atoms with Crippen molar-refractivity contribution in [2.24, 2.45) is 0 Å². The van der Waals surface area contributed by atoms with Crippen molar-refractivity contribution in [1.29, 1.82) is 0 Å². The third kappa shape index (κ3) is 5.24. The fourth-order valence-corrected chi connectivity index (χ4v) is 2.20. The van der Waals surface area contributed by atoms with Gasteiger partial charge in [-0.3, -0.25) is 9.59 Å². The van der Waals surface area contributed by atoms with Gasteiger partial charge in [0.05, 0.1) is 12.8 Å². The van der Waals surface area contributed by atoms with Gasteiger partial charge in [-0.1, -0.05) is 17.7 Å². The standard InChI is InChI=1S/C19H22N2O4/c1-12-5-8-16(9-6-12)25-13(2)19(23)21-17-11-15(20-14(3)22)7-10-18(17)24-4/h5-11,13H,1-4H3,(H,20,22)(H,21,23)/t13-/m1/s1. The lowest BCUT2D eigenvalue weighted by Gasteiger charge is -2.17. The lowest BCUT2D eigenvalue weighted by molar-refractivity contribution is -0.122. The molecule has 0 aliphatic heterocycles. The number of aryl methyl sites for hydroxylation is 1. The normalized spacial score (nSPS) is 11.4. The Balaban J connectivity index is 2.09. The van der Waals surface area contributed by atoms with Gasteiger partial charge in [0.2, 0.25) is 5.91 Å². The molecule has 6 heteroatoms. The van der Waals surface area contributed by atoms with Crippen LogP contribution in [-0.4, -0.2) is 25.0 Å². The van der Waals surface area contributed by atoms with Crippen molar-refractivity contribution in [3.8, 4) is 11.5 Å². The van der Waals surface area contributed by atoms with Gasteiger partial charge in [0, 0.05) is 12.6 Å². The highest BCUT2D eigenvalue weighted by Crippen LogP contribution is 2.28. The van der Waals surface area contributed by atoms with Crippen molar-refractivity contribution in [2.75, 3.05) is 17.7 Å². The summed E-state index contributed by atoms with van der Waals surface area (Å²) in [5.41, 5.74) is 2.14. The number of amides is 2. The summed E-state index contributed by atoms with van der Waals surface area (Å²) in [7, 11) is 1.51. The molecule has 0 saturated heterocycles. The zero-order chi connectivity index (χ0) is 18.4. The van der Waals surface area contributed by atoms with Crippen LogP contribution in [0.25, 0.3) is 0 Å². The van der Waals surface area contributed by atoms with E-state index >= 15 is 0 Å². The highest BCUT2D eigenvalue weighted by Gasteiger charge is 2.17. The van der Waals surface area contributed by atoms with Gasteiger partial charge in [0.1, 0.15) is 11.5 Å². The summed E-state index contributed by atoms with van der Waals surface area (Å²) in [6, 6.07) is 12.5. The molecule has 0 fully saturated rings. The Hall–Kier alpha value is -3.02. The van der Waals surface area contributed by atoms with E-state index in [1.165, 1.54) is 14.0 Å². The molecule has 0 unspecified atom stereocenters. The SMILES string of the molecule is COc1ccc(NC(C)=O)cc1NC(=O)[C@@H](C)Oc1ccc(C)cc1. The minimum atomic E-state index is -0.697. The van der Waals surface area contributed by atoms with Crippen molar-refractivity contribution in [3.05, 3.63) is 48.0 Å². The van der Waals surface area contributed by atoms with Gasteiger partial charge in [0.15, 0.2) is 6.10 Å². The smallest absolute Gasteiger partial charge is 0.265 e. The molecular formula is C19H22N2O4. The number of hydrogen-bond donors (Lipinski definition) is 2. The second-order valence-corrected chi connectivity index (χ2v) is 5.66. The molecule has 0 heterocycles. The van der Waals surface area contributed by atoms with E-state index in [0.717, 1.165) is 5.56 Å². The third-order valence-electron chi connectivity index (χ3n) is 3.48. The van der Waals surface area contributed by atoms with Crippen LogP contribution in [-0.2, 0) is 9.59 Å². The first-order valence-corrected chi connectivity index (χ1v) is 7.89. The van der Waals surface area contributed by atoms with Crippen molar-refractivity contribution in [2.45, 2.75) is 26.9 Å². The minimum Gasteiger partial charge on any atom is -0.495 e. The predicted molar refractivity (Wildman–Crippen MR) is 97.2 cm³/mol. The molecule has 1 atom stereocenters. The molecule has 2 amide bonds. The second kappa shape index (κ2) is 8.19. The van der Waals surface area contributed by atoms with Crippen molar-refractivity contribution >= 4 is 23.2 Å². The van der Waals surface area contributed by atoms with Crippen molar-refractivity contribution in [1.82, 2.24) is 0 Å². The first-order valence-electron chi connectivity index (χ1n) is 7.89. The van der Waals surface area contributed by atoms with Crippen LogP contribution in [0.1, 0.15) is 19.4 Å². The topological polar surface area (TPSA) is 76.7 Å². The van der Waals surface area contributed by atoms with E-state index in [0.29, 0.717) is 22.9 Å². The molecule has 0 saturated carbocycles. The van der Waals surface area contributed by atoms with Crippen LogP contribution in [0, 0.1) is 6.92 Å². The number of carbonyl (C=O) groups excluding carboxylic acids is 2. The van der Waals surface area contributed by atoms with E-state index in [9.17, 15) is 9.59 Å². The molecule has 132 valence electrons. The van der Waals surface area contributed by atoms with E-state index in [1.807, 2.05) is 31.2 Å². The molecular weight excluding hydrogens is 320 g/mol. The Kier molecular flexibility index (Phi) is 6.00. The van der Waals surface area contributed by atoms with Crippen LogP contribution in [0.2, 0.25) is 0 Å². The Morgan fingerprint density at radius 1 is 1.04 bits per heavy atom. The van der Waals surface area contributed by atoms with E-state index in [-0.39, 0.29) is 11.8 Å². The molecule has 6 nitrogen and oxygen atoms in total. The van der Waals surface area contributed by atoms with Crippen molar-refractivity contribution in [3.63, 3.8) is 0 Å². The molecule has 0 aliphatic carbocycles. The first-order chi connectivity index (χ1) is 11.9. The summed E-state index contributed by atoms with van der Waals surface area (Å²) in [6.07, 6.45) is -0.697. The second-order valence-electron chi connectivity index (χ2n) is 5.66. The van der Waals surface area contributed by atoms with Gasteiger partial charge >= 0.3 is 0 Å². The molecule has 0 bridgehead atoms. The van der Waals surface area contributed by atoms with Gasteiger partial charge in [-0.2, -0.15) is 0 Å². The molecule has 2 aromatic carbocycles. The summed E-state index contributed by atoms with van der Waals surface area (Å²) >= 11 is 0. The Morgan fingerprint density at radius 3 is 2.32 bits per heavy atom. The monoisotopic (exact) mass is 342 g/mol. The van der Waals surface area contributed by atoms with Crippen LogP contribution >= 0.6 is 0 Å². The zero-order valence-corrected chi connectivity index (χ0v) is 14.8. The molecule has 0 aromatic heterocycles. The van der Waals surface area contributed by atoms with Crippen molar-refractivity contribution < 1.29 is 19.1 Å². The quantitative estimate of drug-likeness (QED) is 0.844. The molecule has 2 aromatic rings. The number of benzene rings is 2. The van der Waals surface area contributed by atoms with Crippen LogP contribution < -0.4 is 20.1 Å². The minimum absolute atomic E-state index is 0.196. The lowest BCUT2D eigenvalue weighted by Crippen LogP contribution is -2.30. The predicted octanol–water partition coefficient (Wildman–Crippen LogP) is 3.37. The highest BCUT2D eigenvalue weighted by atomic mass is 16.5. The maximum Gasteiger partial charge on any atom is 0.265 e. The summed E-state index contributed by atoms with van der Waals surface area (Å²) in [5.74, 6) is 0.592. The molecule has 2 N–H and O–H groups in total. The summed E-state index contributed by atoms with van der Waals surface area (Å²) in [5, 5.41) is 5.43. The molecule has 0 spiro atoms. The van der Waals surface area contributed by atoms with Gasteiger partial charge in [-0.25, -0.2) is 0 Å². The largest absolute Gasteiger partial charge is 0.495 e. The average Bonchev–Trinajstić information content (AvgIpc) is 2.56. The molecule has 0 aliphatic rings. The first kappa shape index (κ1) is 18.3. The summed E-state index contributed by atoms with van der Waals surface area (Å²) in [6.45, 7) is 5.06. The van der Waals surface area contributed by atoms with E-state index in [2.05, 4.69) is 10.6 Å². The van der Waals surface area contributed by atoms with Crippen LogP contribution in [0.5, 0.6) is 11.5 Å². The van der Waals surface area contributed by atoms with Gasteiger partial charge < -0.3 is 20.1 Å².